The summed E-state index contributed by atoms with van der Waals surface area (Å²) >= 11 is 0. The van der Waals surface area contributed by atoms with E-state index in [0.717, 1.165) is 0 Å². The van der Waals surface area contributed by atoms with Crippen LogP contribution in [0.4, 0.5) is 0 Å². The normalized spacial score (nSPS) is 12.7. The second kappa shape index (κ2) is 3.51. The first-order valence-corrected chi connectivity index (χ1v) is 4.13. The Morgan fingerprint density at radius 1 is 1.36 bits per heavy atom. The van der Waals surface area contributed by atoms with Crippen molar-refractivity contribution in [2.24, 2.45) is 0 Å². The number of aromatic nitrogens is 5. The predicted octanol–water partition coefficient (Wildman–Crippen LogP) is 0.111. The molecule has 0 radical (unpaired) electrons. The highest BCUT2D eigenvalue weighted by Gasteiger charge is 2.07. The molecule has 2 heterocycles. The van der Waals surface area contributed by atoms with Gasteiger partial charge in [0.15, 0.2) is 0 Å². The first-order valence-electron chi connectivity index (χ1n) is 4.13. The van der Waals surface area contributed by atoms with E-state index in [2.05, 4.69) is 20.3 Å². The third-order valence-corrected chi connectivity index (χ3v) is 1.75. The van der Waals surface area contributed by atoms with E-state index in [-0.39, 0.29) is 0 Å². The van der Waals surface area contributed by atoms with Crippen LogP contribution in [0.3, 0.4) is 0 Å². The van der Waals surface area contributed by atoms with Gasteiger partial charge in [-0.2, -0.15) is 0 Å². The molecule has 0 amide bonds. The van der Waals surface area contributed by atoms with Crippen LogP contribution in [0.1, 0.15) is 18.7 Å². The summed E-state index contributed by atoms with van der Waals surface area (Å²) in [5, 5.41) is 16.9. The standard InChI is InChI=1S/C8H9N5O/c1-6(14)8-4-13(12-11-8)7-2-9-5-10-3-7/h2-6,14H,1H3/t6-/m1/s1. The van der Waals surface area contributed by atoms with Gasteiger partial charge < -0.3 is 5.11 Å². The van der Waals surface area contributed by atoms with Gasteiger partial charge in [-0.25, -0.2) is 14.6 Å². The monoisotopic (exact) mass is 191 g/mol. The van der Waals surface area contributed by atoms with Gasteiger partial charge in [0, 0.05) is 0 Å². The molecule has 6 heteroatoms. The molecular formula is C8H9N5O. The second-order valence-electron chi connectivity index (χ2n) is 2.86. The minimum Gasteiger partial charge on any atom is -0.387 e. The predicted molar refractivity (Wildman–Crippen MR) is 47.6 cm³/mol. The average molecular weight is 191 g/mol. The molecule has 2 rings (SSSR count). The van der Waals surface area contributed by atoms with Crippen LogP contribution in [-0.2, 0) is 0 Å². The van der Waals surface area contributed by atoms with Gasteiger partial charge >= 0.3 is 0 Å². The maximum Gasteiger partial charge on any atom is 0.115 e. The highest BCUT2D eigenvalue weighted by atomic mass is 16.3. The largest absolute Gasteiger partial charge is 0.387 e. The van der Waals surface area contributed by atoms with Crippen LogP contribution in [0.15, 0.2) is 24.9 Å². The third kappa shape index (κ3) is 1.60. The Morgan fingerprint density at radius 3 is 2.64 bits per heavy atom. The van der Waals surface area contributed by atoms with E-state index in [9.17, 15) is 5.11 Å². The molecule has 72 valence electrons. The van der Waals surface area contributed by atoms with E-state index >= 15 is 0 Å². The molecule has 0 aromatic carbocycles. The van der Waals surface area contributed by atoms with Gasteiger partial charge in [-0.15, -0.1) is 5.10 Å². The molecule has 0 saturated carbocycles. The number of rotatable bonds is 2. The molecule has 0 unspecified atom stereocenters. The van der Waals surface area contributed by atoms with Crippen molar-refractivity contribution in [1.82, 2.24) is 25.0 Å². The number of nitrogens with zero attached hydrogens (tertiary/aromatic N) is 5. The van der Waals surface area contributed by atoms with Gasteiger partial charge in [0.2, 0.25) is 0 Å². The minimum absolute atomic E-state index is 0.522. The molecule has 0 aliphatic rings. The smallest absolute Gasteiger partial charge is 0.115 e. The van der Waals surface area contributed by atoms with E-state index in [1.54, 1.807) is 25.5 Å². The molecule has 0 fully saturated rings. The fourth-order valence-corrected chi connectivity index (χ4v) is 1.00. The van der Waals surface area contributed by atoms with Gasteiger partial charge in [0.25, 0.3) is 0 Å². The van der Waals surface area contributed by atoms with Crippen LogP contribution >= 0.6 is 0 Å². The van der Waals surface area contributed by atoms with Crippen LogP contribution in [0.25, 0.3) is 5.69 Å². The zero-order chi connectivity index (χ0) is 9.97. The SMILES string of the molecule is C[C@@H](O)c1cn(-c2cncnc2)nn1. The van der Waals surface area contributed by atoms with Crippen LogP contribution < -0.4 is 0 Å². The van der Waals surface area contributed by atoms with Gasteiger partial charge in [-0.1, -0.05) is 5.21 Å². The molecular weight excluding hydrogens is 182 g/mol. The summed E-state index contributed by atoms with van der Waals surface area (Å²) in [6.45, 7) is 1.63. The van der Waals surface area contributed by atoms with Gasteiger partial charge in [0.1, 0.15) is 17.7 Å². The second-order valence-corrected chi connectivity index (χ2v) is 2.86. The first kappa shape index (κ1) is 8.76. The van der Waals surface area contributed by atoms with Crippen LogP contribution in [-0.4, -0.2) is 30.1 Å². The fourth-order valence-electron chi connectivity index (χ4n) is 1.00. The van der Waals surface area contributed by atoms with E-state index in [1.165, 1.54) is 11.0 Å². The van der Waals surface area contributed by atoms with Crippen molar-refractivity contribution in [1.29, 1.82) is 0 Å². The maximum atomic E-state index is 9.24. The lowest BCUT2D eigenvalue weighted by atomic mass is 10.3. The molecule has 1 N–H and O–H groups in total. The molecule has 6 nitrogen and oxygen atoms in total. The van der Waals surface area contributed by atoms with Gasteiger partial charge in [-0.05, 0) is 6.92 Å². The van der Waals surface area contributed by atoms with Crippen LogP contribution in [0, 0.1) is 0 Å². The highest BCUT2D eigenvalue weighted by molar-refractivity contribution is 5.22. The lowest BCUT2D eigenvalue weighted by Gasteiger charge is -1.96. The Morgan fingerprint density at radius 2 is 2.07 bits per heavy atom. The zero-order valence-corrected chi connectivity index (χ0v) is 7.57. The summed E-state index contributed by atoms with van der Waals surface area (Å²) in [5.74, 6) is 0. The molecule has 0 bridgehead atoms. The summed E-state index contributed by atoms with van der Waals surface area (Å²) < 4.78 is 1.52. The van der Waals surface area contributed by atoms with E-state index in [0.29, 0.717) is 11.4 Å². The Balaban J connectivity index is 2.34. The lowest BCUT2D eigenvalue weighted by Crippen LogP contribution is -1.96. The maximum absolute atomic E-state index is 9.24. The summed E-state index contributed by atoms with van der Waals surface area (Å²) in [6.07, 6.45) is 5.70. The molecule has 0 saturated heterocycles. The number of aliphatic hydroxyl groups is 1. The molecule has 0 aliphatic carbocycles. The van der Waals surface area contributed by atoms with Crippen molar-refractivity contribution in [3.63, 3.8) is 0 Å². The summed E-state index contributed by atoms with van der Waals surface area (Å²) in [5.41, 5.74) is 1.24. The van der Waals surface area contributed by atoms with Gasteiger partial charge in [-0.3, -0.25) is 0 Å². The fraction of sp³-hybridized carbons (Fsp3) is 0.250. The van der Waals surface area contributed by atoms with E-state index < -0.39 is 6.10 Å². The van der Waals surface area contributed by atoms with Crippen molar-refractivity contribution < 1.29 is 5.11 Å². The molecule has 0 spiro atoms. The Hall–Kier alpha value is -1.82. The topological polar surface area (TPSA) is 76.7 Å². The number of hydrogen-bond acceptors (Lipinski definition) is 5. The molecule has 0 aliphatic heterocycles. The Kier molecular flexibility index (Phi) is 2.19. The number of hydrogen-bond donors (Lipinski definition) is 1. The van der Waals surface area contributed by atoms with Crippen molar-refractivity contribution in [3.05, 3.63) is 30.6 Å². The van der Waals surface area contributed by atoms with Crippen molar-refractivity contribution in [2.45, 2.75) is 13.0 Å². The van der Waals surface area contributed by atoms with Crippen LogP contribution in [0.2, 0.25) is 0 Å². The summed E-state index contributed by atoms with van der Waals surface area (Å²) in [6, 6.07) is 0. The molecule has 14 heavy (non-hydrogen) atoms. The van der Waals surface area contributed by atoms with E-state index in [1.807, 2.05) is 0 Å². The van der Waals surface area contributed by atoms with Crippen molar-refractivity contribution >= 4 is 0 Å². The Bertz CT molecular complexity index is 411. The molecule has 2 aromatic heterocycles. The van der Waals surface area contributed by atoms with Gasteiger partial charge in [0.05, 0.1) is 24.7 Å². The third-order valence-electron chi connectivity index (χ3n) is 1.75. The van der Waals surface area contributed by atoms with Crippen LogP contribution in [0.5, 0.6) is 0 Å². The number of aliphatic hydroxyl groups excluding tert-OH is 1. The van der Waals surface area contributed by atoms with Crippen molar-refractivity contribution in [3.8, 4) is 5.69 Å². The molecule has 2 aromatic rings. The van der Waals surface area contributed by atoms with E-state index in [4.69, 9.17) is 0 Å². The molecule has 1 atom stereocenters. The lowest BCUT2D eigenvalue weighted by molar-refractivity contribution is 0.194. The first-order chi connectivity index (χ1) is 6.77. The average Bonchev–Trinajstić information content (AvgIpc) is 2.68. The summed E-state index contributed by atoms with van der Waals surface area (Å²) in [4.78, 5) is 7.71. The minimum atomic E-state index is -0.617. The summed E-state index contributed by atoms with van der Waals surface area (Å²) in [7, 11) is 0. The Labute approximate surface area is 80.2 Å². The highest BCUT2D eigenvalue weighted by Crippen LogP contribution is 2.09. The van der Waals surface area contributed by atoms with Crippen molar-refractivity contribution in [2.75, 3.05) is 0 Å². The quantitative estimate of drug-likeness (QED) is 0.729. The zero-order valence-electron chi connectivity index (χ0n) is 7.57.